The normalized spacial score (nSPS) is 12.1. The van der Waals surface area contributed by atoms with E-state index in [0.717, 1.165) is 0 Å². The Hall–Kier alpha value is -0.890. The molecule has 0 aromatic heterocycles. The topological polar surface area (TPSA) is 12.0 Å². The predicted octanol–water partition coefficient (Wildman–Crippen LogP) is 2.29. The highest BCUT2D eigenvalue weighted by Gasteiger charge is 1.99. The molecule has 0 aliphatic heterocycles. The van der Waals surface area contributed by atoms with Crippen LogP contribution in [0.25, 0.3) is 0 Å². The molecule has 1 aromatic carbocycles. The SMILES string of the molecule is C[C@H](NC=S)c1ccccc1. The van der Waals surface area contributed by atoms with E-state index in [0.29, 0.717) is 6.04 Å². The highest BCUT2D eigenvalue weighted by molar-refractivity contribution is 7.78. The summed E-state index contributed by atoms with van der Waals surface area (Å²) in [5.41, 5.74) is 2.81. The largest absolute Gasteiger partial charge is 0.376 e. The van der Waals surface area contributed by atoms with E-state index in [1.807, 2.05) is 18.2 Å². The maximum Gasteiger partial charge on any atom is 0.0619 e. The summed E-state index contributed by atoms with van der Waals surface area (Å²) >= 11 is 4.69. The second-order valence-corrected chi connectivity index (χ2v) is 2.65. The van der Waals surface area contributed by atoms with Crippen molar-refractivity contribution in [3.8, 4) is 0 Å². The van der Waals surface area contributed by atoms with Gasteiger partial charge in [-0.05, 0) is 12.5 Å². The van der Waals surface area contributed by atoms with Crippen molar-refractivity contribution in [2.45, 2.75) is 13.0 Å². The fourth-order valence-electron chi connectivity index (χ4n) is 0.940. The molecule has 2 heteroatoms. The summed E-state index contributed by atoms with van der Waals surface area (Å²) in [5.74, 6) is 0. The average Bonchev–Trinajstić information content (AvgIpc) is 2.07. The maximum absolute atomic E-state index is 4.69. The third kappa shape index (κ3) is 2.31. The second-order valence-electron chi connectivity index (χ2n) is 2.42. The minimum Gasteiger partial charge on any atom is -0.376 e. The molecule has 0 radical (unpaired) electrons. The first-order valence-electron chi connectivity index (χ1n) is 3.59. The van der Waals surface area contributed by atoms with Gasteiger partial charge in [0.2, 0.25) is 0 Å². The molecule has 11 heavy (non-hydrogen) atoms. The van der Waals surface area contributed by atoms with Crippen LogP contribution in [0.5, 0.6) is 0 Å². The molecule has 1 N–H and O–H groups in total. The van der Waals surface area contributed by atoms with Gasteiger partial charge in [0.25, 0.3) is 0 Å². The Morgan fingerprint density at radius 3 is 2.55 bits per heavy atom. The molecule has 0 aliphatic carbocycles. The minimum absolute atomic E-state index is 0.314. The van der Waals surface area contributed by atoms with Gasteiger partial charge in [-0.25, -0.2) is 0 Å². The molecule has 1 atom stereocenters. The Morgan fingerprint density at radius 2 is 2.00 bits per heavy atom. The summed E-state index contributed by atoms with van der Waals surface area (Å²) in [6.07, 6.45) is 0. The second kappa shape index (κ2) is 4.09. The molecule has 1 rings (SSSR count). The van der Waals surface area contributed by atoms with E-state index in [1.165, 1.54) is 5.56 Å². The summed E-state index contributed by atoms with van der Waals surface area (Å²) in [7, 11) is 0. The lowest BCUT2D eigenvalue weighted by atomic mass is 10.1. The Labute approximate surface area is 72.4 Å². The third-order valence-corrected chi connectivity index (χ3v) is 1.75. The molecule has 58 valence electrons. The van der Waals surface area contributed by atoms with Gasteiger partial charge in [0.15, 0.2) is 0 Å². The number of rotatable bonds is 3. The molecular formula is C9H11NS. The van der Waals surface area contributed by atoms with E-state index < -0.39 is 0 Å². The Balaban J connectivity index is 2.68. The smallest absolute Gasteiger partial charge is 0.0619 e. The van der Waals surface area contributed by atoms with E-state index in [4.69, 9.17) is 12.2 Å². The van der Waals surface area contributed by atoms with Crippen LogP contribution in [0.1, 0.15) is 18.5 Å². The van der Waals surface area contributed by atoms with Gasteiger partial charge in [0, 0.05) is 6.04 Å². The van der Waals surface area contributed by atoms with Gasteiger partial charge in [-0.2, -0.15) is 0 Å². The summed E-state index contributed by atoms with van der Waals surface area (Å²) in [4.78, 5) is 0. The first kappa shape index (κ1) is 8.21. The van der Waals surface area contributed by atoms with Crippen LogP contribution >= 0.6 is 12.2 Å². The van der Waals surface area contributed by atoms with E-state index in [2.05, 4.69) is 24.4 Å². The van der Waals surface area contributed by atoms with Crippen LogP contribution in [0.3, 0.4) is 0 Å². The van der Waals surface area contributed by atoms with Crippen LogP contribution in [-0.2, 0) is 0 Å². The van der Waals surface area contributed by atoms with Crippen molar-refractivity contribution >= 4 is 17.7 Å². The molecule has 0 saturated heterocycles. The van der Waals surface area contributed by atoms with Crippen molar-refractivity contribution in [2.75, 3.05) is 0 Å². The fraction of sp³-hybridized carbons (Fsp3) is 0.222. The van der Waals surface area contributed by atoms with Crippen LogP contribution in [0.2, 0.25) is 0 Å². The summed E-state index contributed by atoms with van der Waals surface area (Å²) in [6, 6.07) is 10.5. The van der Waals surface area contributed by atoms with E-state index in [1.54, 1.807) is 5.49 Å². The van der Waals surface area contributed by atoms with Gasteiger partial charge in [-0.3, -0.25) is 0 Å². The minimum atomic E-state index is 0.314. The molecular weight excluding hydrogens is 154 g/mol. The lowest BCUT2D eigenvalue weighted by Crippen LogP contribution is -2.14. The third-order valence-electron chi connectivity index (χ3n) is 1.62. The zero-order valence-electron chi connectivity index (χ0n) is 6.45. The molecule has 0 aliphatic rings. The van der Waals surface area contributed by atoms with Gasteiger partial charge >= 0.3 is 0 Å². The molecule has 1 nitrogen and oxygen atoms in total. The number of hydrogen-bond donors (Lipinski definition) is 1. The number of hydrogen-bond acceptors (Lipinski definition) is 1. The summed E-state index contributed by atoms with van der Waals surface area (Å²) < 4.78 is 0. The average molecular weight is 165 g/mol. The van der Waals surface area contributed by atoms with Crippen LogP contribution in [-0.4, -0.2) is 5.49 Å². The van der Waals surface area contributed by atoms with Crippen molar-refractivity contribution in [3.05, 3.63) is 35.9 Å². The number of benzene rings is 1. The fourth-order valence-corrected chi connectivity index (χ4v) is 1.14. The predicted molar refractivity (Wildman–Crippen MR) is 51.6 cm³/mol. The van der Waals surface area contributed by atoms with Gasteiger partial charge < -0.3 is 5.32 Å². The van der Waals surface area contributed by atoms with Gasteiger partial charge in [-0.1, -0.05) is 42.5 Å². The first-order valence-corrected chi connectivity index (χ1v) is 4.06. The van der Waals surface area contributed by atoms with Gasteiger partial charge in [-0.15, -0.1) is 0 Å². The highest BCUT2D eigenvalue weighted by atomic mass is 32.1. The van der Waals surface area contributed by atoms with Crippen LogP contribution < -0.4 is 5.32 Å². The zero-order chi connectivity index (χ0) is 8.10. The van der Waals surface area contributed by atoms with E-state index in [9.17, 15) is 0 Å². The van der Waals surface area contributed by atoms with Crippen molar-refractivity contribution in [1.29, 1.82) is 0 Å². The molecule has 1 aromatic rings. The van der Waals surface area contributed by atoms with Crippen molar-refractivity contribution in [2.24, 2.45) is 0 Å². The molecule has 0 heterocycles. The van der Waals surface area contributed by atoms with Crippen molar-refractivity contribution in [3.63, 3.8) is 0 Å². The molecule has 0 amide bonds. The maximum atomic E-state index is 4.69. The van der Waals surface area contributed by atoms with Crippen LogP contribution in [0, 0.1) is 0 Å². The van der Waals surface area contributed by atoms with Crippen LogP contribution in [0.15, 0.2) is 30.3 Å². The lowest BCUT2D eigenvalue weighted by Gasteiger charge is -2.10. The standard InChI is InChI=1S/C9H11NS/c1-8(10-7-11)9-5-3-2-4-6-9/h2-8H,1H3,(H,10,11)/t8-/m0/s1. The van der Waals surface area contributed by atoms with Crippen molar-refractivity contribution in [1.82, 2.24) is 5.32 Å². The Bertz CT molecular complexity index is 220. The number of thiocarbonyl (C=S) groups is 1. The molecule has 0 bridgehead atoms. The first-order chi connectivity index (χ1) is 5.34. The molecule has 0 saturated carbocycles. The van der Waals surface area contributed by atoms with Gasteiger partial charge in [0.05, 0.1) is 5.49 Å². The quantitative estimate of drug-likeness (QED) is 0.690. The zero-order valence-corrected chi connectivity index (χ0v) is 7.27. The van der Waals surface area contributed by atoms with Crippen LogP contribution in [0.4, 0.5) is 0 Å². The number of nitrogens with one attached hydrogen (secondary N) is 1. The van der Waals surface area contributed by atoms with Gasteiger partial charge in [0.1, 0.15) is 0 Å². The van der Waals surface area contributed by atoms with E-state index >= 15 is 0 Å². The Kier molecular flexibility index (Phi) is 3.05. The Morgan fingerprint density at radius 1 is 1.36 bits per heavy atom. The monoisotopic (exact) mass is 165 g/mol. The van der Waals surface area contributed by atoms with Crippen molar-refractivity contribution < 1.29 is 0 Å². The molecule has 0 fully saturated rings. The molecule has 0 unspecified atom stereocenters. The molecule has 0 spiro atoms. The van der Waals surface area contributed by atoms with E-state index in [-0.39, 0.29) is 0 Å². The highest BCUT2D eigenvalue weighted by Crippen LogP contribution is 2.09. The summed E-state index contributed by atoms with van der Waals surface area (Å²) in [5, 5.41) is 3.05. The summed E-state index contributed by atoms with van der Waals surface area (Å²) in [6.45, 7) is 2.08. The lowest BCUT2D eigenvalue weighted by molar-refractivity contribution is 0.733.